The quantitative estimate of drug-likeness (QED) is 0.790. The molecule has 96 valence electrons. The summed E-state index contributed by atoms with van der Waals surface area (Å²) >= 11 is 0. The molecule has 0 bridgehead atoms. The molecule has 0 aliphatic heterocycles. The topological polar surface area (TPSA) is 29.9 Å². The minimum absolute atomic E-state index is 0.889. The SMILES string of the molecule is CCn1cncc1CNCCc1ccccc1C. The smallest absolute Gasteiger partial charge is 0.0948 e. The first-order chi connectivity index (χ1) is 8.81. The number of rotatable bonds is 6. The summed E-state index contributed by atoms with van der Waals surface area (Å²) in [6, 6.07) is 8.56. The summed E-state index contributed by atoms with van der Waals surface area (Å²) in [5, 5.41) is 3.48. The Kier molecular flexibility index (Phi) is 4.53. The molecule has 1 aromatic heterocycles. The zero-order chi connectivity index (χ0) is 12.8. The van der Waals surface area contributed by atoms with Gasteiger partial charge in [-0.1, -0.05) is 24.3 Å². The zero-order valence-corrected chi connectivity index (χ0v) is 11.2. The predicted octanol–water partition coefficient (Wildman–Crippen LogP) is 2.54. The van der Waals surface area contributed by atoms with Crippen molar-refractivity contribution in [1.82, 2.24) is 14.9 Å². The third-order valence-corrected chi connectivity index (χ3v) is 3.28. The number of imidazole rings is 1. The number of benzene rings is 1. The number of nitrogens with zero attached hydrogens (tertiary/aromatic N) is 2. The van der Waals surface area contributed by atoms with E-state index < -0.39 is 0 Å². The number of hydrogen-bond donors (Lipinski definition) is 1. The molecule has 1 aromatic carbocycles. The molecule has 0 aliphatic carbocycles. The van der Waals surface area contributed by atoms with Gasteiger partial charge in [-0.05, 0) is 37.9 Å². The van der Waals surface area contributed by atoms with Gasteiger partial charge in [-0.15, -0.1) is 0 Å². The summed E-state index contributed by atoms with van der Waals surface area (Å²) in [6.07, 6.45) is 4.90. The van der Waals surface area contributed by atoms with Gasteiger partial charge in [0.2, 0.25) is 0 Å². The van der Waals surface area contributed by atoms with Gasteiger partial charge < -0.3 is 9.88 Å². The van der Waals surface area contributed by atoms with Crippen molar-refractivity contribution in [2.24, 2.45) is 0 Å². The minimum Gasteiger partial charge on any atom is -0.334 e. The predicted molar refractivity (Wildman–Crippen MR) is 74.5 cm³/mol. The van der Waals surface area contributed by atoms with Crippen LogP contribution in [0.1, 0.15) is 23.7 Å². The van der Waals surface area contributed by atoms with Crippen LogP contribution in [0.4, 0.5) is 0 Å². The Morgan fingerprint density at radius 1 is 1.28 bits per heavy atom. The largest absolute Gasteiger partial charge is 0.334 e. The molecule has 2 aromatic rings. The van der Waals surface area contributed by atoms with Crippen LogP contribution in [0, 0.1) is 6.92 Å². The summed E-state index contributed by atoms with van der Waals surface area (Å²) in [7, 11) is 0. The molecule has 0 radical (unpaired) electrons. The van der Waals surface area contributed by atoms with E-state index in [-0.39, 0.29) is 0 Å². The number of nitrogens with one attached hydrogen (secondary N) is 1. The molecule has 3 nitrogen and oxygen atoms in total. The molecule has 0 saturated carbocycles. The molecule has 0 fully saturated rings. The fourth-order valence-corrected chi connectivity index (χ4v) is 2.11. The lowest BCUT2D eigenvalue weighted by molar-refractivity contribution is 0.627. The fraction of sp³-hybridized carbons (Fsp3) is 0.400. The molecule has 1 N–H and O–H groups in total. The highest BCUT2D eigenvalue weighted by molar-refractivity contribution is 5.25. The number of aryl methyl sites for hydroxylation is 2. The van der Waals surface area contributed by atoms with Crippen LogP contribution in [0.3, 0.4) is 0 Å². The van der Waals surface area contributed by atoms with Crippen LogP contribution in [0.5, 0.6) is 0 Å². The van der Waals surface area contributed by atoms with Gasteiger partial charge in [-0.2, -0.15) is 0 Å². The van der Waals surface area contributed by atoms with Gasteiger partial charge in [0.1, 0.15) is 0 Å². The highest BCUT2D eigenvalue weighted by atomic mass is 15.1. The lowest BCUT2D eigenvalue weighted by atomic mass is 10.1. The van der Waals surface area contributed by atoms with Crippen molar-refractivity contribution < 1.29 is 0 Å². The second-order valence-corrected chi connectivity index (χ2v) is 4.52. The first-order valence-corrected chi connectivity index (χ1v) is 6.55. The van der Waals surface area contributed by atoms with Crippen molar-refractivity contribution in [3.05, 3.63) is 53.6 Å². The Balaban J connectivity index is 1.78. The molecule has 3 heteroatoms. The van der Waals surface area contributed by atoms with E-state index in [1.165, 1.54) is 16.8 Å². The molecule has 0 amide bonds. The van der Waals surface area contributed by atoms with Crippen LogP contribution >= 0.6 is 0 Å². The van der Waals surface area contributed by atoms with Gasteiger partial charge in [0.15, 0.2) is 0 Å². The van der Waals surface area contributed by atoms with Crippen molar-refractivity contribution in [3.8, 4) is 0 Å². The van der Waals surface area contributed by atoms with Crippen molar-refractivity contribution in [3.63, 3.8) is 0 Å². The fourth-order valence-electron chi connectivity index (χ4n) is 2.11. The van der Waals surface area contributed by atoms with Crippen LogP contribution in [-0.4, -0.2) is 16.1 Å². The van der Waals surface area contributed by atoms with E-state index in [1.807, 2.05) is 12.5 Å². The molecule has 0 unspecified atom stereocenters. The molecule has 1 heterocycles. The maximum absolute atomic E-state index is 4.17. The van der Waals surface area contributed by atoms with Crippen molar-refractivity contribution in [2.45, 2.75) is 33.4 Å². The van der Waals surface area contributed by atoms with E-state index >= 15 is 0 Å². The van der Waals surface area contributed by atoms with Crippen LogP contribution in [0.25, 0.3) is 0 Å². The standard InChI is InChI=1S/C15H21N3/c1-3-18-12-17-11-15(18)10-16-9-8-14-7-5-4-6-13(14)2/h4-7,11-12,16H,3,8-10H2,1-2H3. The van der Waals surface area contributed by atoms with Crippen LogP contribution in [0.2, 0.25) is 0 Å². The van der Waals surface area contributed by atoms with Gasteiger partial charge in [-0.25, -0.2) is 4.98 Å². The lowest BCUT2D eigenvalue weighted by Gasteiger charge is -2.08. The van der Waals surface area contributed by atoms with Gasteiger partial charge in [-0.3, -0.25) is 0 Å². The Bertz CT molecular complexity index is 488. The Labute approximate surface area is 109 Å². The molecule has 2 rings (SSSR count). The Morgan fingerprint density at radius 2 is 2.11 bits per heavy atom. The molecule has 0 spiro atoms. The molecule has 0 aliphatic rings. The van der Waals surface area contributed by atoms with Gasteiger partial charge >= 0.3 is 0 Å². The minimum atomic E-state index is 0.889. The average molecular weight is 243 g/mol. The Hall–Kier alpha value is -1.61. The van der Waals surface area contributed by atoms with Crippen molar-refractivity contribution >= 4 is 0 Å². The summed E-state index contributed by atoms with van der Waals surface area (Å²) < 4.78 is 2.17. The molecule has 0 saturated heterocycles. The summed E-state index contributed by atoms with van der Waals surface area (Å²) in [6.45, 7) is 7.17. The van der Waals surface area contributed by atoms with E-state index in [0.717, 1.165) is 26.1 Å². The maximum Gasteiger partial charge on any atom is 0.0948 e. The first-order valence-electron chi connectivity index (χ1n) is 6.55. The van der Waals surface area contributed by atoms with Crippen LogP contribution in [-0.2, 0) is 19.5 Å². The third-order valence-electron chi connectivity index (χ3n) is 3.28. The number of hydrogen-bond acceptors (Lipinski definition) is 2. The Morgan fingerprint density at radius 3 is 2.89 bits per heavy atom. The zero-order valence-electron chi connectivity index (χ0n) is 11.2. The van der Waals surface area contributed by atoms with Crippen molar-refractivity contribution in [1.29, 1.82) is 0 Å². The summed E-state index contributed by atoms with van der Waals surface area (Å²) in [4.78, 5) is 4.17. The summed E-state index contributed by atoms with van der Waals surface area (Å²) in [5.41, 5.74) is 4.05. The van der Waals surface area contributed by atoms with Crippen LogP contribution < -0.4 is 5.32 Å². The van der Waals surface area contributed by atoms with Gasteiger partial charge in [0, 0.05) is 19.3 Å². The van der Waals surface area contributed by atoms with E-state index in [9.17, 15) is 0 Å². The molecule has 18 heavy (non-hydrogen) atoms. The lowest BCUT2D eigenvalue weighted by Crippen LogP contribution is -2.19. The number of aromatic nitrogens is 2. The second kappa shape index (κ2) is 6.36. The maximum atomic E-state index is 4.17. The molecular formula is C15H21N3. The van der Waals surface area contributed by atoms with Crippen LogP contribution in [0.15, 0.2) is 36.8 Å². The van der Waals surface area contributed by atoms with Gasteiger partial charge in [0.05, 0.1) is 12.0 Å². The highest BCUT2D eigenvalue weighted by Gasteiger charge is 2.00. The first kappa shape index (κ1) is 12.8. The van der Waals surface area contributed by atoms with Gasteiger partial charge in [0.25, 0.3) is 0 Å². The van der Waals surface area contributed by atoms with Crippen molar-refractivity contribution in [2.75, 3.05) is 6.54 Å². The average Bonchev–Trinajstić information content (AvgIpc) is 2.84. The monoisotopic (exact) mass is 243 g/mol. The second-order valence-electron chi connectivity index (χ2n) is 4.52. The summed E-state index contributed by atoms with van der Waals surface area (Å²) in [5.74, 6) is 0. The highest BCUT2D eigenvalue weighted by Crippen LogP contribution is 2.07. The molecule has 0 atom stereocenters. The van der Waals surface area contributed by atoms with E-state index in [1.54, 1.807) is 0 Å². The van der Waals surface area contributed by atoms with E-state index in [2.05, 4.69) is 53.0 Å². The van der Waals surface area contributed by atoms with E-state index in [0.29, 0.717) is 0 Å². The third kappa shape index (κ3) is 3.20. The molecular weight excluding hydrogens is 222 g/mol. The van der Waals surface area contributed by atoms with E-state index in [4.69, 9.17) is 0 Å². The normalized spacial score (nSPS) is 10.8.